The summed E-state index contributed by atoms with van der Waals surface area (Å²) < 4.78 is 18.2. The number of halogens is 1. The summed E-state index contributed by atoms with van der Waals surface area (Å²) in [6.45, 7) is 2.01. The molecule has 0 aliphatic carbocycles. The molecule has 0 aliphatic rings. The summed E-state index contributed by atoms with van der Waals surface area (Å²) in [5.41, 5.74) is 0.812. The number of hydrogen-bond acceptors (Lipinski definition) is 3. The molecule has 0 atom stereocenters. The van der Waals surface area contributed by atoms with Gasteiger partial charge in [-0.05, 0) is 24.6 Å². The van der Waals surface area contributed by atoms with Crippen LogP contribution in [0.25, 0.3) is 0 Å². The molecular formula is C14H12FNO2. The molecule has 0 fully saturated rings. The first-order chi connectivity index (χ1) is 8.67. The van der Waals surface area contributed by atoms with Crippen molar-refractivity contribution in [2.45, 2.75) is 19.8 Å². The predicted octanol–water partition coefficient (Wildman–Crippen LogP) is 2.20. The van der Waals surface area contributed by atoms with E-state index in [9.17, 15) is 9.18 Å². The smallest absolute Gasteiger partial charge is 0.317 e. The zero-order chi connectivity index (χ0) is 13.4. The fourth-order valence-corrected chi connectivity index (χ4v) is 1.28. The molecule has 3 nitrogen and oxygen atoms in total. The molecule has 1 rings (SSSR count). The molecule has 0 N–H and O–H groups in total. The molecule has 1 aromatic carbocycles. The van der Waals surface area contributed by atoms with E-state index in [1.54, 1.807) is 13.0 Å². The maximum Gasteiger partial charge on any atom is 0.317 e. The number of benzene rings is 1. The van der Waals surface area contributed by atoms with Crippen LogP contribution in [0.2, 0.25) is 0 Å². The van der Waals surface area contributed by atoms with Crippen LogP contribution in [0.3, 0.4) is 0 Å². The molecule has 0 saturated carbocycles. The molecule has 0 spiro atoms. The van der Waals surface area contributed by atoms with E-state index in [1.165, 1.54) is 12.1 Å². The van der Waals surface area contributed by atoms with Crippen LogP contribution in [-0.4, -0.2) is 12.6 Å². The molecule has 0 aromatic heterocycles. The fraction of sp³-hybridized carbons (Fsp3) is 0.286. The molecule has 18 heavy (non-hydrogen) atoms. The largest absolute Gasteiger partial charge is 0.465 e. The highest BCUT2D eigenvalue weighted by Crippen LogP contribution is 2.09. The highest BCUT2D eigenvalue weighted by molar-refractivity contribution is 5.72. The molecular weight excluding hydrogens is 233 g/mol. The van der Waals surface area contributed by atoms with Gasteiger partial charge in [0.25, 0.3) is 0 Å². The van der Waals surface area contributed by atoms with E-state index in [0.29, 0.717) is 12.2 Å². The molecule has 0 aliphatic heterocycles. The van der Waals surface area contributed by atoms with E-state index in [2.05, 4.69) is 16.6 Å². The number of carbonyl (C=O) groups is 1. The van der Waals surface area contributed by atoms with Gasteiger partial charge >= 0.3 is 5.97 Å². The Hall–Kier alpha value is -2.33. The molecule has 0 unspecified atom stereocenters. The lowest BCUT2D eigenvalue weighted by Crippen LogP contribution is -2.01. The summed E-state index contributed by atoms with van der Waals surface area (Å²) in [5.74, 6) is 4.20. The maximum absolute atomic E-state index is 13.5. The number of hydrogen-bond donors (Lipinski definition) is 0. The first-order valence-electron chi connectivity index (χ1n) is 5.47. The van der Waals surface area contributed by atoms with Gasteiger partial charge in [0, 0.05) is 0 Å². The lowest BCUT2D eigenvalue weighted by atomic mass is 10.1. The van der Waals surface area contributed by atoms with Crippen molar-refractivity contribution in [3.05, 3.63) is 35.1 Å². The quantitative estimate of drug-likeness (QED) is 0.606. The number of esters is 1. The number of carbonyl (C=O) groups excluding carboxylic acids is 1. The maximum atomic E-state index is 13.5. The number of nitrogens with zero attached hydrogens (tertiary/aromatic N) is 1. The summed E-state index contributed by atoms with van der Waals surface area (Å²) in [7, 11) is 0. The number of rotatable bonds is 3. The van der Waals surface area contributed by atoms with Gasteiger partial charge in [-0.2, -0.15) is 5.26 Å². The third kappa shape index (κ3) is 4.27. The van der Waals surface area contributed by atoms with Crippen LogP contribution in [0.4, 0.5) is 4.39 Å². The molecule has 0 amide bonds. The van der Waals surface area contributed by atoms with Gasteiger partial charge < -0.3 is 4.74 Å². The summed E-state index contributed by atoms with van der Waals surface area (Å²) in [5, 5.41) is 8.48. The SMILES string of the molecule is CCOC(=O)CC#Cc1ccc(CC#N)cc1F. The second kappa shape index (κ2) is 7.09. The zero-order valence-electron chi connectivity index (χ0n) is 10.00. The van der Waals surface area contributed by atoms with Crippen LogP contribution >= 0.6 is 0 Å². The summed E-state index contributed by atoms with van der Waals surface area (Å²) in [6, 6.07) is 6.35. The van der Waals surface area contributed by atoms with Crippen molar-refractivity contribution in [2.75, 3.05) is 6.61 Å². The van der Waals surface area contributed by atoms with E-state index in [0.717, 1.165) is 0 Å². The van der Waals surface area contributed by atoms with Crippen molar-refractivity contribution >= 4 is 5.97 Å². The lowest BCUT2D eigenvalue weighted by molar-refractivity contribution is -0.141. The molecule has 1 aromatic rings. The summed E-state index contributed by atoms with van der Waals surface area (Å²) >= 11 is 0. The van der Waals surface area contributed by atoms with Crippen LogP contribution in [0.15, 0.2) is 18.2 Å². The van der Waals surface area contributed by atoms with Crippen molar-refractivity contribution in [3.63, 3.8) is 0 Å². The summed E-state index contributed by atoms with van der Waals surface area (Å²) in [6.07, 6.45) is 0.0979. The topological polar surface area (TPSA) is 50.1 Å². The molecule has 4 heteroatoms. The Morgan fingerprint density at radius 3 is 2.89 bits per heavy atom. The first kappa shape index (κ1) is 13.7. The monoisotopic (exact) mass is 245 g/mol. The van der Waals surface area contributed by atoms with Gasteiger partial charge in [0.15, 0.2) is 0 Å². The van der Waals surface area contributed by atoms with E-state index in [4.69, 9.17) is 5.26 Å². The highest BCUT2D eigenvalue weighted by Gasteiger charge is 2.01. The van der Waals surface area contributed by atoms with E-state index >= 15 is 0 Å². The Balaban J connectivity index is 2.71. The second-order valence-corrected chi connectivity index (χ2v) is 3.43. The number of ether oxygens (including phenoxy) is 1. The van der Waals surface area contributed by atoms with E-state index in [1.807, 2.05) is 6.07 Å². The normalized spacial score (nSPS) is 8.94. The molecule has 0 saturated heterocycles. The minimum Gasteiger partial charge on any atom is -0.465 e. The first-order valence-corrected chi connectivity index (χ1v) is 5.47. The Bertz CT molecular complexity index is 535. The van der Waals surface area contributed by atoms with E-state index in [-0.39, 0.29) is 18.4 Å². The molecule has 0 radical (unpaired) electrons. The molecule has 0 bridgehead atoms. The third-order valence-electron chi connectivity index (χ3n) is 2.08. The average molecular weight is 245 g/mol. The predicted molar refractivity (Wildman–Crippen MR) is 63.8 cm³/mol. The van der Waals surface area contributed by atoms with Gasteiger partial charge in [0.1, 0.15) is 12.2 Å². The van der Waals surface area contributed by atoms with E-state index < -0.39 is 11.8 Å². The Labute approximate surface area is 105 Å². The molecule has 0 heterocycles. The van der Waals surface area contributed by atoms with Crippen molar-refractivity contribution < 1.29 is 13.9 Å². The van der Waals surface area contributed by atoms with Gasteiger partial charge in [-0.1, -0.05) is 17.9 Å². The van der Waals surface area contributed by atoms with Crippen LogP contribution in [0, 0.1) is 29.0 Å². The van der Waals surface area contributed by atoms with Crippen LogP contribution in [0.5, 0.6) is 0 Å². The van der Waals surface area contributed by atoms with Gasteiger partial charge in [-0.25, -0.2) is 4.39 Å². The second-order valence-electron chi connectivity index (χ2n) is 3.43. The van der Waals surface area contributed by atoms with Crippen LogP contribution < -0.4 is 0 Å². The Kier molecular flexibility index (Phi) is 5.41. The van der Waals surface area contributed by atoms with Crippen molar-refractivity contribution in [2.24, 2.45) is 0 Å². The Morgan fingerprint density at radius 1 is 1.50 bits per heavy atom. The minimum absolute atomic E-state index is 0.0623. The Morgan fingerprint density at radius 2 is 2.28 bits per heavy atom. The van der Waals surface area contributed by atoms with Crippen molar-refractivity contribution in [1.82, 2.24) is 0 Å². The fourth-order valence-electron chi connectivity index (χ4n) is 1.28. The average Bonchev–Trinajstić information content (AvgIpc) is 2.33. The van der Waals surface area contributed by atoms with Crippen molar-refractivity contribution in [3.8, 4) is 17.9 Å². The zero-order valence-corrected chi connectivity index (χ0v) is 10.00. The third-order valence-corrected chi connectivity index (χ3v) is 2.08. The summed E-state index contributed by atoms with van der Waals surface area (Å²) in [4.78, 5) is 11.0. The lowest BCUT2D eigenvalue weighted by Gasteiger charge is -1.98. The number of nitriles is 1. The van der Waals surface area contributed by atoms with Gasteiger partial charge in [0.05, 0.1) is 24.7 Å². The molecule has 92 valence electrons. The minimum atomic E-state index is -0.487. The standard InChI is InChI=1S/C14H12FNO2/c1-2-18-14(17)5-3-4-12-7-6-11(8-9-16)10-13(12)15/h6-7,10H,2,5,8H2,1H3. The van der Waals surface area contributed by atoms with Crippen LogP contribution in [0.1, 0.15) is 24.5 Å². The highest BCUT2D eigenvalue weighted by atomic mass is 19.1. The van der Waals surface area contributed by atoms with Gasteiger partial charge in [-0.15, -0.1) is 0 Å². The van der Waals surface area contributed by atoms with Crippen molar-refractivity contribution in [1.29, 1.82) is 5.26 Å². The van der Waals surface area contributed by atoms with Crippen LogP contribution in [-0.2, 0) is 16.0 Å². The van der Waals surface area contributed by atoms with Gasteiger partial charge in [0.2, 0.25) is 0 Å². The van der Waals surface area contributed by atoms with Gasteiger partial charge in [-0.3, -0.25) is 4.79 Å².